The number of ether oxygens (including phenoxy) is 3. The van der Waals surface area contributed by atoms with Crippen LogP contribution in [-0.2, 0) is 36.2 Å². The first-order chi connectivity index (χ1) is 19.5. The number of unbranched alkanes of at least 4 members (excludes halogenated alkanes) is 1. The Labute approximate surface area is 237 Å². The minimum Gasteiger partial charge on any atom is -0.481 e. The third kappa shape index (κ3) is 7.46. The van der Waals surface area contributed by atoms with Crippen LogP contribution in [-0.4, -0.2) is 65.6 Å². The third-order valence-electron chi connectivity index (χ3n) is 8.20. The van der Waals surface area contributed by atoms with Gasteiger partial charge in [-0.2, -0.15) is 26.3 Å². The Morgan fingerprint density at radius 1 is 1.07 bits per heavy atom. The number of nitrogens with zero attached hydrogens (tertiary/aromatic N) is 1. The van der Waals surface area contributed by atoms with Crippen molar-refractivity contribution in [3.63, 3.8) is 0 Å². The molecule has 4 atom stereocenters. The van der Waals surface area contributed by atoms with Crippen LogP contribution in [0.25, 0.3) is 0 Å². The maximum atomic E-state index is 13.3. The number of aliphatic carboxylic acids is 1. The summed E-state index contributed by atoms with van der Waals surface area (Å²) in [4.78, 5) is 36.6. The van der Waals surface area contributed by atoms with Crippen molar-refractivity contribution in [2.45, 2.75) is 81.4 Å². The molecule has 2 saturated heterocycles. The third-order valence-corrected chi connectivity index (χ3v) is 8.20. The molecule has 1 amide bonds. The number of benzene rings is 1. The van der Waals surface area contributed by atoms with Gasteiger partial charge in [0.25, 0.3) is 0 Å². The molecule has 2 heterocycles. The molecule has 1 aromatic rings. The maximum Gasteiger partial charge on any atom is 0.509 e. The lowest BCUT2D eigenvalue weighted by molar-refractivity contribution is -0.143. The first kappa shape index (κ1) is 31.9. The summed E-state index contributed by atoms with van der Waals surface area (Å²) >= 11 is 0. The molecular weight excluding hydrogens is 578 g/mol. The summed E-state index contributed by atoms with van der Waals surface area (Å²) in [7, 11) is 0. The molecule has 234 valence electrons. The average molecular weight is 611 g/mol. The highest BCUT2D eigenvalue weighted by Crippen LogP contribution is 2.58. The van der Waals surface area contributed by atoms with Gasteiger partial charge in [-0.15, -0.1) is 0 Å². The van der Waals surface area contributed by atoms with E-state index in [1.807, 2.05) is 0 Å². The number of rotatable bonds is 11. The maximum absolute atomic E-state index is 13.3. The molecular formula is C27H32F6N2O7. The van der Waals surface area contributed by atoms with Crippen molar-refractivity contribution < 1.29 is 60.0 Å². The first-order valence-electron chi connectivity index (χ1n) is 13.5. The molecule has 0 radical (unpaired) electrons. The number of carboxylic acids is 1. The Kier molecular flexibility index (Phi) is 9.03. The van der Waals surface area contributed by atoms with Gasteiger partial charge in [-0.25, -0.2) is 4.79 Å². The molecule has 2 aliphatic heterocycles. The summed E-state index contributed by atoms with van der Waals surface area (Å²) in [5, 5.41) is 11.7. The number of hydrogen-bond acceptors (Lipinski definition) is 7. The van der Waals surface area contributed by atoms with Gasteiger partial charge < -0.3 is 24.6 Å². The van der Waals surface area contributed by atoms with Gasteiger partial charge in [0, 0.05) is 19.4 Å². The summed E-state index contributed by atoms with van der Waals surface area (Å²) in [6.07, 6.45) is -9.46. The van der Waals surface area contributed by atoms with E-state index in [9.17, 15) is 40.7 Å². The highest BCUT2D eigenvalue weighted by Gasteiger charge is 2.65. The second-order valence-corrected chi connectivity index (χ2v) is 11.3. The van der Waals surface area contributed by atoms with E-state index < -0.39 is 52.8 Å². The molecule has 3 fully saturated rings. The number of carbonyl (C=O) groups is 3. The van der Waals surface area contributed by atoms with Gasteiger partial charge >= 0.3 is 24.5 Å². The zero-order valence-corrected chi connectivity index (χ0v) is 22.8. The minimum atomic E-state index is -4.99. The average Bonchev–Trinajstić information content (AvgIpc) is 3.50. The van der Waals surface area contributed by atoms with Crippen LogP contribution in [0.15, 0.2) is 18.2 Å². The number of carbonyl (C=O) groups excluding carboxylic acids is 2. The van der Waals surface area contributed by atoms with Crippen molar-refractivity contribution in [3.8, 4) is 0 Å². The van der Waals surface area contributed by atoms with E-state index in [4.69, 9.17) is 19.3 Å². The smallest absolute Gasteiger partial charge is 0.481 e. The van der Waals surface area contributed by atoms with Crippen LogP contribution in [0.2, 0.25) is 0 Å². The summed E-state index contributed by atoms with van der Waals surface area (Å²) < 4.78 is 96.2. The van der Waals surface area contributed by atoms with Gasteiger partial charge in [0.1, 0.15) is 6.73 Å². The van der Waals surface area contributed by atoms with Crippen LogP contribution >= 0.6 is 0 Å². The van der Waals surface area contributed by atoms with E-state index >= 15 is 0 Å². The molecule has 1 saturated carbocycles. The van der Waals surface area contributed by atoms with Crippen LogP contribution in [0.4, 0.5) is 31.1 Å². The lowest BCUT2D eigenvalue weighted by Gasteiger charge is -2.44. The van der Waals surface area contributed by atoms with E-state index in [0.29, 0.717) is 57.2 Å². The van der Waals surface area contributed by atoms with Crippen molar-refractivity contribution >= 4 is 18.0 Å². The van der Waals surface area contributed by atoms with Gasteiger partial charge in [-0.05, 0) is 68.7 Å². The number of nitrogens with one attached hydrogen (secondary N) is 1. The monoisotopic (exact) mass is 610 g/mol. The number of carboxylic acid groups (broad SMARTS) is 1. The lowest BCUT2D eigenvalue weighted by atomic mass is 9.84. The lowest BCUT2D eigenvalue weighted by Crippen LogP contribution is -2.60. The van der Waals surface area contributed by atoms with Crippen LogP contribution in [0.5, 0.6) is 0 Å². The second-order valence-electron chi connectivity index (χ2n) is 11.3. The van der Waals surface area contributed by atoms with Crippen molar-refractivity contribution in [2.75, 3.05) is 26.5 Å². The number of alkyl halides is 6. The predicted molar refractivity (Wildman–Crippen MR) is 132 cm³/mol. The molecule has 0 bridgehead atoms. The SMILES string of the molecule is C[C@@H](OC[C@@]12CC1C[C@]1(CCC(=O)N1)CN2COC(=O)OCCCCC(=O)O)c1cc(C(F)(F)F)cc(C(F)(F)F)c1. The first-order valence-corrected chi connectivity index (χ1v) is 13.5. The molecule has 2 N–H and O–H groups in total. The molecule has 3 aliphatic rings. The zero-order valence-electron chi connectivity index (χ0n) is 22.8. The molecule has 1 aromatic carbocycles. The van der Waals surface area contributed by atoms with Crippen LogP contribution in [0.3, 0.4) is 0 Å². The van der Waals surface area contributed by atoms with Crippen LogP contribution in [0.1, 0.15) is 74.7 Å². The second kappa shape index (κ2) is 11.9. The van der Waals surface area contributed by atoms with E-state index in [2.05, 4.69) is 5.32 Å². The van der Waals surface area contributed by atoms with Crippen molar-refractivity contribution in [2.24, 2.45) is 5.92 Å². The highest BCUT2D eigenvalue weighted by atomic mass is 19.4. The molecule has 9 nitrogen and oxygen atoms in total. The summed E-state index contributed by atoms with van der Waals surface area (Å²) in [6, 6.07) is 1.34. The van der Waals surface area contributed by atoms with Crippen molar-refractivity contribution in [3.05, 3.63) is 34.9 Å². The number of piperidine rings is 1. The number of likely N-dealkylation sites (tertiary alicyclic amines) is 1. The normalized spacial score (nSPS) is 26.5. The van der Waals surface area contributed by atoms with Gasteiger partial charge in [-0.3, -0.25) is 14.5 Å². The topological polar surface area (TPSA) is 114 Å². The standard InChI is InChI=1S/C27H32F6N2O7/c1-16(17-8-18(26(28,29)30)10-19(9-17)27(31,32)33)41-14-25-12-20(25)11-24(6-5-21(36)34-24)13-35(25)15-42-23(39)40-7-3-2-4-22(37)38/h8-10,16,20H,2-7,11-15H2,1H3,(H,34,36)(H,37,38)/t16-,20?,24-,25+/m1/s1. The molecule has 1 aliphatic carbocycles. The van der Waals surface area contributed by atoms with Gasteiger partial charge in [0.15, 0.2) is 0 Å². The molecule has 0 aromatic heterocycles. The number of hydrogen-bond donors (Lipinski definition) is 2. The zero-order chi connectivity index (χ0) is 30.9. The number of fused-ring (bicyclic) bond motifs is 1. The molecule has 1 unspecified atom stereocenters. The Morgan fingerprint density at radius 3 is 2.31 bits per heavy atom. The van der Waals surface area contributed by atoms with Crippen molar-refractivity contribution in [1.29, 1.82) is 0 Å². The number of amides is 1. The van der Waals surface area contributed by atoms with E-state index in [1.54, 1.807) is 4.90 Å². The predicted octanol–water partition coefficient (Wildman–Crippen LogP) is 5.28. The van der Waals surface area contributed by atoms with Gasteiger partial charge in [-0.1, -0.05) is 0 Å². The van der Waals surface area contributed by atoms with Gasteiger partial charge in [0.2, 0.25) is 5.91 Å². The van der Waals surface area contributed by atoms with E-state index in [0.717, 1.165) is 0 Å². The summed E-state index contributed by atoms with van der Waals surface area (Å²) in [5.41, 5.74) is -4.41. The van der Waals surface area contributed by atoms with E-state index in [-0.39, 0.29) is 49.8 Å². The fourth-order valence-corrected chi connectivity index (χ4v) is 5.85. The molecule has 15 heteroatoms. The minimum absolute atomic E-state index is 0.0280. The van der Waals surface area contributed by atoms with E-state index in [1.165, 1.54) is 6.92 Å². The molecule has 42 heavy (non-hydrogen) atoms. The summed E-state index contributed by atoms with van der Waals surface area (Å²) in [5.74, 6) is -1.11. The Bertz CT molecular complexity index is 1160. The Hall–Kier alpha value is -3.07. The largest absolute Gasteiger partial charge is 0.509 e. The Morgan fingerprint density at radius 2 is 1.74 bits per heavy atom. The highest BCUT2D eigenvalue weighted by molar-refractivity contribution is 5.79. The fourth-order valence-electron chi connectivity index (χ4n) is 5.85. The molecule has 4 rings (SSSR count). The molecule has 1 spiro atoms. The summed E-state index contributed by atoms with van der Waals surface area (Å²) in [6.45, 7) is 1.31. The van der Waals surface area contributed by atoms with Gasteiger partial charge in [0.05, 0.1) is 41.5 Å². The quantitative estimate of drug-likeness (QED) is 0.198. The Balaban J connectivity index is 1.43. The van der Waals surface area contributed by atoms with Crippen LogP contribution in [0, 0.1) is 5.92 Å². The fraction of sp³-hybridized carbons (Fsp3) is 0.667. The van der Waals surface area contributed by atoms with Crippen LogP contribution < -0.4 is 5.32 Å². The number of halogens is 6. The van der Waals surface area contributed by atoms with Crippen molar-refractivity contribution in [1.82, 2.24) is 10.2 Å².